The summed E-state index contributed by atoms with van der Waals surface area (Å²) < 4.78 is 1.94. The molecule has 0 bridgehead atoms. The van der Waals surface area contributed by atoms with Crippen molar-refractivity contribution in [1.29, 1.82) is 0 Å². The summed E-state index contributed by atoms with van der Waals surface area (Å²) in [7, 11) is 1.96. The van der Waals surface area contributed by atoms with Crippen LogP contribution in [0.5, 0.6) is 0 Å². The van der Waals surface area contributed by atoms with Crippen LogP contribution in [0.25, 0.3) is 10.7 Å². The molecule has 0 radical (unpaired) electrons. The summed E-state index contributed by atoms with van der Waals surface area (Å²) in [6.45, 7) is 4.24. The zero-order chi connectivity index (χ0) is 9.42. The van der Waals surface area contributed by atoms with Crippen molar-refractivity contribution in [2.75, 3.05) is 0 Å². The van der Waals surface area contributed by atoms with Crippen LogP contribution in [-0.2, 0) is 7.05 Å². The number of aryl methyl sites for hydroxylation is 3. The summed E-state index contributed by atoms with van der Waals surface area (Å²) in [6.07, 6.45) is 1.72. The van der Waals surface area contributed by atoms with E-state index in [1.54, 1.807) is 17.7 Å². The third-order valence-corrected chi connectivity index (χ3v) is 3.25. The lowest BCUT2D eigenvalue weighted by Gasteiger charge is -1.93. The van der Waals surface area contributed by atoms with Crippen LogP contribution in [0.1, 0.15) is 10.4 Å². The Morgan fingerprint density at radius 3 is 2.62 bits per heavy atom. The van der Waals surface area contributed by atoms with Crippen LogP contribution in [0.2, 0.25) is 0 Å². The predicted molar refractivity (Wildman–Crippen MR) is 53.8 cm³/mol. The van der Waals surface area contributed by atoms with Crippen molar-refractivity contribution >= 4 is 11.3 Å². The fourth-order valence-corrected chi connectivity index (χ4v) is 2.25. The van der Waals surface area contributed by atoms with Crippen LogP contribution in [-0.4, -0.2) is 14.8 Å². The van der Waals surface area contributed by atoms with E-state index in [0.29, 0.717) is 0 Å². The van der Waals surface area contributed by atoms with Crippen LogP contribution in [0.15, 0.2) is 12.4 Å². The first-order chi connectivity index (χ1) is 6.18. The van der Waals surface area contributed by atoms with Crippen molar-refractivity contribution < 1.29 is 0 Å². The molecule has 2 heterocycles. The first-order valence-electron chi connectivity index (χ1n) is 4.10. The minimum absolute atomic E-state index is 0.946. The van der Waals surface area contributed by atoms with Crippen molar-refractivity contribution in [2.24, 2.45) is 7.05 Å². The molecule has 0 aliphatic heterocycles. The van der Waals surface area contributed by atoms with Gasteiger partial charge in [-0.2, -0.15) is 0 Å². The monoisotopic (exact) mass is 193 g/mol. The predicted octanol–water partition coefficient (Wildman–Crippen LogP) is 2.16. The molecule has 68 valence electrons. The highest BCUT2D eigenvalue weighted by molar-refractivity contribution is 7.15. The van der Waals surface area contributed by atoms with Gasteiger partial charge in [0.1, 0.15) is 6.33 Å². The Labute approximate surface area is 81.1 Å². The van der Waals surface area contributed by atoms with Crippen LogP contribution in [0.4, 0.5) is 0 Å². The lowest BCUT2D eigenvalue weighted by Crippen LogP contribution is -1.87. The second kappa shape index (κ2) is 2.96. The second-order valence-electron chi connectivity index (χ2n) is 3.12. The van der Waals surface area contributed by atoms with Gasteiger partial charge in [-0.05, 0) is 25.5 Å². The molecule has 0 aromatic carbocycles. The van der Waals surface area contributed by atoms with Gasteiger partial charge >= 0.3 is 0 Å². The molecule has 0 fully saturated rings. The first kappa shape index (κ1) is 8.44. The molecule has 2 aromatic rings. The molecule has 0 atom stereocenters. The molecule has 13 heavy (non-hydrogen) atoms. The first-order valence-corrected chi connectivity index (χ1v) is 4.91. The number of nitrogens with zero attached hydrogens (tertiary/aromatic N) is 3. The van der Waals surface area contributed by atoms with Crippen LogP contribution in [0, 0.1) is 13.8 Å². The van der Waals surface area contributed by atoms with Gasteiger partial charge in [-0.15, -0.1) is 21.5 Å². The molecule has 0 saturated heterocycles. The number of hydrogen-bond acceptors (Lipinski definition) is 3. The minimum atomic E-state index is 0.946. The molecule has 0 spiro atoms. The van der Waals surface area contributed by atoms with Gasteiger partial charge in [0.15, 0.2) is 5.82 Å². The number of aromatic nitrogens is 3. The lowest BCUT2D eigenvalue weighted by molar-refractivity contribution is 0.922. The van der Waals surface area contributed by atoms with E-state index in [4.69, 9.17) is 0 Å². The molecular weight excluding hydrogens is 182 g/mol. The summed E-state index contributed by atoms with van der Waals surface area (Å²) in [5.41, 5.74) is 1.32. The molecule has 0 saturated carbocycles. The van der Waals surface area contributed by atoms with Crippen molar-refractivity contribution in [3.63, 3.8) is 0 Å². The van der Waals surface area contributed by atoms with Gasteiger partial charge in [0.2, 0.25) is 0 Å². The van der Waals surface area contributed by atoms with Crippen molar-refractivity contribution in [2.45, 2.75) is 13.8 Å². The molecule has 0 N–H and O–H groups in total. The SMILES string of the molecule is Cc1cc(-c2nncn2C)sc1C. The van der Waals surface area contributed by atoms with E-state index in [0.717, 1.165) is 5.82 Å². The highest BCUT2D eigenvalue weighted by Crippen LogP contribution is 2.28. The second-order valence-corrected chi connectivity index (χ2v) is 4.37. The Morgan fingerprint density at radius 2 is 2.15 bits per heavy atom. The number of rotatable bonds is 1. The van der Waals surface area contributed by atoms with Crippen LogP contribution < -0.4 is 0 Å². The maximum absolute atomic E-state index is 4.06. The van der Waals surface area contributed by atoms with E-state index < -0.39 is 0 Å². The molecule has 4 heteroatoms. The van der Waals surface area contributed by atoms with Gasteiger partial charge in [0.25, 0.3) is 0 Å². The molecule has 0 amide bonds. The Morgan fingerprint density at radius 1 is 1.38 bits per heavy atom. The lowest BCUT2D eigenvalue weighted by atomic mass is 10.3. The molecular formula is C9H11N3S. The number of thiophene rings is 1. The molecule has 0 unspecified atom stereocenters. The Balaban J connectivity index is 2.53. The van der Waals surface area contributed by atoms with E-state index in [1.165, 1.54) is 15.3 Å². The van der Waals surface area contributed by atoms with Crippen LogP contribution in [0.3, 0.4) is 0 Å². The smallest absolute Gasteiger partial charge is 0.173 e. The molecule has 0 aliphatic rings. The van der Waals surface area contributed by atoms with E-state index in [2.05, 4.69) is 30.1 Å². The molecule has 3 nitrogen and oxygen atoms in total. The molecule has 2 rings (SSSR count). The standard InChI is InChI=1S/C9H11N3S/c1-6-4-8(13-7(6)2)9-11-10-5-12(9)3/h4-5H,1-3H3. The van der Waals surface area contributed by atoms with Gasteiger partial charge in [-0.1, -0.05) is 0 Å². The van der Waals surface area contributed by atoms with Gasteiger partial charge in [-0.3, -0.25) is 0 Å². The molecule has 2 aromatic heterocycles. The maximum atomic E-state index is 4.06. The van der Waals surface area contributed by atoms with E-state index >= 15 is 0 Å². The minimum Gasteiger partial charge on any atom is -0.316 e. The van der Waals surface area contributed by atoms with E-state index in [-0.39, 0.29) is 0 Å². The van der Waals surface area contributed by atoms with E-state index in [1.807, 2.05) is 11.6 Å². The van der Waals surface area contributed by atoms with Crippen molar-refractivity contribution in [3.05, 3.63) is 22.8 Å². The summed E-state index contributed by atoms with van der Waals surface area (Å²) >= 11 is 1.76. The van der Waals surface area contributed by atoms with Gasteiger partial charge in [-0.25, -0.2) is 0 Å². The summed E-state index contributed by atoms with van der Waals surface area (Å²) in [4.78, 5) is 2.54. The quantitative estimate of drug-likeness (QED) is 0.695. The van der Waals surface area contributed by atoms with Crippen molar-refractivity contribution in [1.82, 2.24) is 14.8 Å². The zero-order valence-corrected chi connectivity index (χ0v) is 8.72. The third-order valence-electron chi connectivity index (χ3n) is 2.10. The highest BCUT2D eigenvalue weighted by Gasteiger charge is 2.08. The number of hydrogen-bond donors (Lipinski definition) is 0. The van der Waals surface area contributed by atoms with Crippen LogP contribution >= 0.6 is 11.3 Å². The Bertz CT molecular complexity index is 408. The third kappa shape index (κ3) is 1.37. The fraction of sp³-hybridized carbons (Fsp3) is 0.333. The highest BCUT2D eigenvalue weighted by atomic mass is 32.1. The summed E-state index contributed by atoms with van der Waals surface area (Å²) in [5.74, 6) is 0.946. The van der Waals surface area contributed by atoms with Gasteiger partial charge in [0.05, 0.1) is 4.88 Å². The Kier molecular flexibility index (Phi) is 1.92. The average Bonchev–Trinajstić information content (AvgIpc) is 2.60. The zero-order valence-electron chi connectivity index (χ0n) is 7.90. The van der Waals surface area contributed by atoms with Gasteiger partial charge < -0.3 is 4.57 Å². The normalized spacial score (nSPS) is 10.7. The fourth-order valence-electron chi connectivity index (χ4n) is 1.19. The maximum Gasteiger partial charge on any atom is 0.173 e. The van der Waals surface area contributed by atoms with Crippen molar-refractivity contribution in [3.8, 4) is 10.7 Å². The van der Waals surface area contributed by atoms with Gasteiger partial charge in [0, 0.05) is 11.9 Å². The topological polar surface area (TPSA) is 30.7 Å². The van der Waals surface area contributed by atoms with E-state index in [9.17, 15) is 0 Å². The largest absolute Gasteiger partial charge is 0.316 e. The average molecular weight is 193 g/mol. The summed E-state index contributed by atoms with van der Waals surface area (Å²) in [6, 6.07) is 2.16. The summed E-state index contributed by atoms with van der Waals surface area (Å²) in [5, 5.41) is 7.92. The Hall–Kier alpha value is -1.16. The molecule has 0 aliphatic carbocycles.